The van der Waals surface area contributed by atoms with Gasteiger partial charge in [-0.05, 0) is 29.7 Å². The molecule has 0 spiro atoms. The fraction of sp³-hybridized carbons (Fsp3) is 0.250. The number of pyridine rings is 1. The van der Waals surface area contributed by atoms with Gasteiger partial charge in [-0.3, -0.25) is 9.88 Å². The average Bonchev–Trinajstić information content (AvgIpc) is 2.62. The third-order valence-corrected chi connectivity index (χ3v) is 4.72. The van der Waals surface area contributed by atoms with Gasteiger partial charge in [0.15, 0.2) is 0 Å². The van der Waals surface area contributed by atoms with E-state index in [1.807, 2.05) is 18.2 Å². The smallest absolute Gasteiger partial charge is 0.121 e. The van der Waals surface area contributed by atoms with Crippen molar-refractivity contribution in [2.24, 2.45) is 0 Å². The van der Waals surface area contributed by atoms with E-state index in [0.29, 0.717) is 0 Å². The third kappa shape index (κ3) is 2.69. The standard InChI is InChI=1S/C20H21N3O/c1-24-15-7-8-16-18(11-15)22-19-13-23(10-9-17(19)20(16)21)12-14-5-3-2-4-6-14/h2-8,11H,9-10,12-13H2,1H3,(H2,21,22). The van der Waals surface area contributed by atoms with Crippen molar-refractivity contribution in [1.82, 2.24) is 9.88 Å². The second kappa shape index (κ2) is 6.13. The fourth-order valence-electron chi connectivity index (χ4n) is 3.44. The number of hydrogen-bond donors (Lipinski definition) is 1. The molecule has 24 heavy (non-hydrogen) atoms. The van der Waals surface area contributed by atoms with Gasteiger partial charge in [0.05, 0.1) is 18.3 Å². The van der Waals surface area contributed by atoms with E-state index in [9.17, 15) is 0 Å². The predicted octanol–water partition coefficient (Wildman–Crippen LogP) is 3.38. The van der Waals surface area contributed by atoms with Crippen LogP contribution in [0.4, 0.5) is 5.69 Å². The van der Waals surface area contributed by atoms with E-state index in [0.717, 1.165) is 54.1 Å². The predicted molar refractivity (Wildman–Crippen MR) is 97.0 cm³/mol. The van der Waals surface area contributed by atoms with E-state index in [2.05, 4.69) is 35.2 Å². The number of rotatable bonds is 3. The molecule has 4 nitrogen and oxygen atoms in total. The van der Waals surface area contributed by atoms with E-state index < -0.39 is 0 Å². The molecule has 0 fully saturated rings. The van der Waals surface area contributed by atoms with Crippen molar-refractivity contribution < 1.29 is 4.74 Å². The van der Waals surface area contributed by atoms with Crippen LogP contribution in [0.5, 0.6) is 5.75 Å². The number of aromatic nitrogens is 1. The molecule has 0 aliphatic carbocycles. The van der Waals surface area contributed by atoms with E-state index in [-0.39, 0.29) is 0 Å². The Morgan fingerprint density at radius 2 is 2.00 bits per heavy atom. The van der Waals surface area contributed by atoms with Gasteiger partial charge < -0.3 is 10.5 Å². The molecule has 1 aromatic heterocycles. The number of nitrogens with zero attached hydrogens (tertiary/aromatic N) is 2. The largest absolute Gasteiger partial charge is 0.497 e. The lowest BCUT2D eigenvalue weighted by Gasteiger charge is -2.29. The van der Waals surface area contributed by atoms with Crippen LogP contribution in [0.3, 0.4) is 0 Å². The zero-order valence-electron chi connectivity index (χ0n) is 13.8. The molecular formula is C20H21N3O. The van der Waals surface area contributed by atoms with Crippen molar-refractivity contribution in [1.29, 1.82) is 0 Å². The lowest BCUT2D eigenvalue weighted by molar-refractivity contribution is 0.242. The lowest BCUT2D eigenvalue weighted by Crippen LogP contribution is -2.31. The third-order valence-electron chi connectivity index (χ3n) is 4.72. The van der Waals surface area contributed by atoms with Crippen LogP contribution in [0, 0.1) is 0 Å². The molecule has 0 radical (unpaired) electrons. The summed E-state index contributed by atoms with van der Waals surface area (Å²) in [4.78, 5) is 7.30. The summed E-state index contributed by atoms with van der Waals surface area (Å²) in [5.41, 5.74) is 11.8. The van der Waals surface area contributed by atoms with Crippen LogP contribution in [0.1, 0.15) is 16.8 Å². The highest BCUT2D eigenvalue weighted by atomic mass is 16.5. The Morgan fingerprint density at radius 3 is 2.79 bits per heavy atom. The molecule has 122 valence electrons. The number of benzene rings is 2. The monoisotopic (exact) mass is 319 g/mol. The molecular weight excluding hydrogens is 298 g/mol. The van der Waals surface area contributed by atoms with Gasteiger partial charge in [0.2, 0.25) is 0 Å². The summed E-state index contributed by atoms with van der Waals surface area (Å²) in [5.74, 6) is 0.811. The highest BCUT2D eigenvalue weighted by molar-refractivity contribution is 5.93. The molecule has 1 aliphatic heterocycles. The lowest BCUT2D eigenvalue weighted by atomic mass is 9.99. The van der Waals surface area contributed by atoms with Crippen molar-refractivity contribution in [3.8, 4) is 5.75 Å². The first-order chi connectivity index (χ1) is 11.7. The minimum absolute atomic E-state index is 0.811. The van der Waals surface area contributed by atoms with Gasteiger partial charge in [-0.1, -0.05) is 30.3 Å². The van der Waals surface area contributed by atoms with Crippen molar-refractivity contribution in [3.63, 3.8) is 0 Å². The van der Waals surface area contributed by atoms with Gasteiger partial charge in [0, 0.05) is 36.8 Å². The van der Waals surface area contributed by atoms with E-state index in [4.69, 9.17) is 15.5 Å². The number of hydrogen-bond acceptors (Lipinski definition) is 4. The Bertz CT molecular complexity index is 877. The van der Waals surface area contributed by atoms with Crippen LogP contribution in [-0.2, 0) is 19.5 Å². The molecule has 0 saturated carbocycles. The summed E-state index contributed by atoms with van der Waals surface area (Å²) in [6.07, 6.45) is 0.947. The van der Waals surface area contributed by atoms with Crippen LogP contribution in [0.2, 0.25) is 0 Å². The highest BCUT2D eigenvalue weighted by Gasteiger charge is 2.21. The van der Waals surface area contributed by atoms with Crippen molar-refractivity contribution in [2.75, 3.05) is 19.4 Å². The fourth-order valence-corrected chi connectivity index (χ4v) is 3.44. The number of methoxy groups -OCH3 is 1. The zero-order valence-corrected chi connectivity index (χ0v) is 13.8. The van der Waals surface area contributed by atoms with Gasteiger partial charge in [-0.2, -0.15) is 0 Å². The van der Waals surface area contributed by atoms with E-state index >= 15 is 0 Å². The number of anilines is 1. The normalized spacial score (nSPS) is 14.5. The molecule has 0 atom stereocenters. The molecule has 2 N–H and O–H groups in total. The molecule has 4 heteroatoms. The van der Waals surface area contributed by atoms with Crippen molar-refractivity contribution in [3.05, 3.63) is 65.4 Å². The first-order valence-corrected chi connectivity index (χ1v) is 8.26. The van der Waals surface area contributed by atoms with Crippen LogP contribution < -0.4 is 10.5 Å². The summed E-state index contributed by atoms with van der Waals surface area (Å²) in [5, 5.41) is 1.02. The van der Waals surface area contributed by atoms with Crippen LogP contribution in [0.15, 0.2) is 48.5 Å². The molecule has 0 unspecified atom stereocenters. The first kappa shape index (κ1) is 15.0. The Labute approximate surface area is 141 Å². The van der Waals surface area contributed by atoms with Crippen LogP contribution >= 0.6 is 0 Å². The van der Waals surface area contributed by atoms with Gasteiger partial charge in [-0.25, -0.2) is 0 Å². The summed E-state index contributed by atoms with van der Waals surface area (Å²) in [6, 6.07) is 16.5. The Kier molecular flexibility index (Phi) is 3.82. The SMILES string of the molecule is COc1ccc2c(N)c3c(nc2c1)CN(Cc1ccccc1)CC3. The maximum absolute atomic E-state index is 6.43. The Balaban J connectivity index is 1.67. The highest BCUT2D eigenvalue weighted by Crippen LogP contribution is 2.32. The van der Waals surface area contributed by atoms with Crippen LogP contribution in [0.25, 0.3) is 10.9 Å². The van der Waals surface area contributed by atoms with Gasteiger partial charge in [0.1, 0.15) is 5.75 Å². The summed E-state index contributed by atoms with van der Waals surface area (Å²) in [7, 11) is 1.67. The maximum atomic E-state index is 6.43. The Morgan fingerprint density at radius 1 is 1.17 bits per heavy atom. The molecule has 0 amide bonds. The Hall–Kier alpha value is -2.59. The van der Waals surface area contributed by atoms with Gasteiger partial charge >= 0.3 is 0 Å². The summed E-state index contributed by atoms with van der Waals surface area (Å²) < 4.78 is 5.32. The van der Waals surface area contributed by atoms with Gasteiger partial charge in [-0.15, -0.1) is 0 Å². The van der Waals surface area contributed by atoms with E-state index in [1.54, 1.807) is 7.11 Å². The quantitative estimate of drug-likeness (QED) is 0.804. The van der Waals surface area contributed by atoms with Crippen molar-refractivity contribution >= 4 is 16.6 Å². The average molecular weight is 319 g/mol. The molecule has 3 aromatic rings. The van der Waals surface area contributed by atoms with Crippen molar-refractivity contribution in [2.45, 2.75) is 19.5 Å². The maximum Gasteiger partial charge on any atom is 0.121 e. The zero-order chi connectivity index (χ0) is 16.5. The number of ether oxygens (including phenoxy) is 1. The molecule has 0 saturated heterocycles. The molecule has 2 heterocycles. The van der Waals surface area contributed by atoms with E-state index in [1.165, 1.54) is 11.1 Å². The second-order valence-corrected chi connectivity index (χ2v) is 6.28. The topological polar surface area (TPSA) is 51.4 Å². The summed E-state index contributed by atoms with van der Waals surface area (Å²) in [6.45, 7) is 2.79. The first-order valence-electron chi connectivity index (χ1n) is 8.26. The van der Waals surface area contributed by atoms with Crippen LogP contribution in [-0.4, -0.2) is 23.5 Å². The summed E-state index contributed by atoms with van der Waals surface area (Å²) >= 11 is 0. The number of nitrogens with two attached hydrogens (primary N) is 1. The minimum Gasteiger partial charge on any atom is -0.497 e. The number of fused-ring (bicyclic) bond motifs is 2. The second-order valence-electron chi connectivity index (χ2n) is 6.28. The molecule has 4 rings (SSSR count). The molecule has 1 aliphatic rings. The molecule has 2 aromatic carbocycles. The van der Waals surface area contributed by atoms with Gasteiger partial charge in [0.25, 0.3) is 0 Å². The number of nitrogen functional groups attached to an aromatic ring is 1. The minimum atomic E-state index is 0.811. The molecule has 0 bridgehead atoms.